The number of alkyl carbamates (subject to hydrolysis) is 1. The van der Waals surface area contributed by atoms with Crippen LogP contribution in [0.1, 0.15) is 39.2 Å². The Morgan fingerprint density at radius 3 is 2.53 bits per heavy atom. The summed E-state index contributed by atoms with van der Waals surface area (Å²) >= 11 is 6.41. The molecule has 0 unspecified atom stereocenters. The van der Waals surface area contributed by atoms with E-state index in [9.17, 15) is 14.4 Å². The Balaban J connectivity index is 1.82. The second kappa shape index (κ2) is 9.65. The van der Waals surface area contributed by atoms with E-state index in [-0.39, 0.29) is 29.4 Å². The van der Waals surface area contributed by atoms with Crippen molar-refractivity contribution in [1.82, 2.24) is 19.0 Å². The maximum Gasteiger partial charge on any atom is 0.407 e. The molecule has 3 aromatic rings. The highest BCUT2D eigenvalue weighted by atomic mass is 35.5. The van der Waals surface area contributed by atoms with Crippen LogP contribution in [0.15, 0.2) is 33.9 Å². The number of ether oxygens (including phenoxy) is 1. The average molecular weight is 520 g/mol. The minimum Gasteiger partial charge on any atom is -0.444 e. The Kier molecular flexibility index (Phi) is 6.92. The van der Waals surface area contributed by atoms with Crippen LogP contribution in [0.2, 0.25) is 5.02 Å². The quantitative estimate of drug-likeness (QED) is 0.571. The largest absolute Gasteiger partial charge is 0.444 e. The number of nitrogens with zero attached hydrogens (tertiary/aromatic N) is 4. The maximum absolute atomic E-state index is 16.1. The number of halogens is 2. The zero-order valence-electron chi connectivity index (χ0n) is 21.1. The van der Waals surface area contributed by atoms with Crippen molar-refractivity contribution in [2.45, 2.75) is 51.8 Å². The van der Waals surface area contributed by atoms with E-state index in [0.717, 1.165) is 9.13 Å². The minimum absolute atomic E-state index is 0.0626. The third kappa shape index (κ3) is 4.86. The molecular formula is C25H31ClFN5O4. The molecule has 1 N–H and O–H groups in total. The molecule has 0 saturated carbocycles. The zero-order chi connectivity index (χ0) is 26.4. The summed E-state index contributed by atoms with van der Waals surface area (Å²) in [6.07, 6.45) is 0.843. The molecule has 0 radical (unpaired) electrons. The first-order chi connectivity index (χ1) is 16.9. The number of anilines is 1. The van der Waals surface area contributed by atoms with Gasteiger partial charge in [-0.15, -0.1) is 0 Å². The molecule has 9 nitrogen and oxygen atoms in total. The van der Waals surface area contributed by atoms with E-state index >= 15 is 4.39 Å². The van der Waals surface area contributed by atoms with Gasteiger partial charge in [-0.05, 0) is 45.2 Å². The van der Waals surface area contributed by atoms with Crippen LogP contribution in [-0.2, 0) is 25.4 Å². The lowest BCUT2D eigenvalue weighted by molar-refractivity contribution is 0.0500. The van der Waals surface area contributed by atoms with Gasteiger partial charge in [0.25, 0.3) is 5.56 Å². The van der Waals surface area contributed by atoms with Crippen molar-refractivity contribution in [3.63, 3.8) is 0 Å². The molecule has 1 aliphatic rings. The van der Waals surface area contributed by atoms with Crippen LogP contribution in [0.5, 0.6) is 0 Å². The molecule has 1 fully saturated rings. The number of piperidine rings is 1. The van der Waals surface area contributed by atoms with Crippen molar-refractivity contribution in [3.05, 3.63) is 61.5 Å². The highest BCUT2D eigenvalue weighted by Crippen LogP contribution is 2.33. The Hall–Kier alpha value is -3.27. The normalized spacial score (nSPS) is 16.4. The summed E-state index contributed by atoms with van der Waals surface area (Å²) in [7, 11) is 2.82. The Labute approximate surface area is 213 Å². The summed E-state index contributed by atoms with van der Waals surface area (Å²) in [4.78, 5) is 40.0. The first-order valence-electron chi connectivity index (χ1n) is 11.8. The van der Waals surface area contributed by atoms with Gasteiger partial charge < -0.3 is 19.5 Å². The average Bonchev–Trinajstić information content (AvgIpc) is 3.08. The van der Waals surface area contributed by atoms with Gasteiger partial charge in [-0.1, -0.05) is 29.8 Å². The maximum atomic E-state index is 16.1. The van der Waals surface area contributed by atoms with Crippen molar-refractivity contribution >= 4 is 34.5 Å². The third-order valence-electron chi connectivity index (χ3n) is 6.30. The van der Waals surface area contributed by atoms with Gasteiger partial charge in [0.15, 0.2) is 5.82 Å². The van der Waals surface area contributed by atoms with E-state index in [1.165, 1.54) is 14.1 Å². The molecular weight excluding hydrogens is 489 g/mol. The van der Waals surface area contributed by atoms with Crippen molar-refractivity contribution in [1.29, 1.82) is 0 Å². The summed E-state index contributed by atoms with van der Waals surface area (Å²) in [5.74, 6) is -0.480. The number of carbonyl (C=O) groups is 1. The molecule has 0 bridgehead atoms. The van der Waals surface area contributed by atoms with E-state index in [0.29, 0.717) is 36.5 Å². The number of hydrogen-bond acceptors (Lipinski definition) is 5. The summed E-state index contributed by atoms with van der Waals surface area (Å²) < 4.78 is 25.2. The standard InChI is InChI=1S/C25H31ClFN5O4/c1-25(2,3)36-23(34)28-16-10-8-12-31(14-16)21-18(27)19-20(22(33)30(5)24(35)29(19)4)32(21)13-15-9-6-7-11-17(15)26/h6-7,9,11,16H,8,10,12-14H2,1-5H3,(H,28,34)/t16-/m1/s1. The van der Waals surface area contributed by atoms with E-state index in [1.807, 2.05) is 17.0 Å². The Morgan fingerprint density at radius 2 is 1.86 bits per heavy atom. The van der Waals surface area contributed by atoms with Crippen LogP contribution in [0.25, 0.3) is 11.0 Å². The van der Waals surface area contributed by atoms with E-state index in [2.05, 4.69) is 5.32 Å². The van der Waals surface area contributed by atoms with Gasteiger partial charge in [-0.25, -0.2) is 14.0 Å². The second-order valence-electron chi connectivity index (χ2n) is 10.1. The first-order valence-corrected chi connectivity index (χ1v) is 12.2. The smallest absolute Gasteiger partial charge is 0.407 e. The van der Waals surface area contributed by atoms with E-state index < -0.39 is 28.8 Å². The molecule has 194 valence electrons. The molecule has 4 rings (SSSR count). The number of aryl methyl sites for hydroxylation is 1. The number of fused-ring (bicyclic) bond motifs is 1. The molecule has 11 heteroatoms. The van der Waals surface area contributed by atoms with Crippen molar-refractivity contribution < 1.29 is 13.9 Å². The fraction of sp³-hybridized carbons (Fsp3) is 0.480. The molecule has 2 aromatic heterocycles. The van der Waals surface area contributed by atoms with Gasteiger partial charge in [0.05, 0.1) is 6.54 Å². The SMILES string of the molecule is Cn1c(=O)c2c(c(F)c(N3CCC[C@@H](NC(=O)OC(C)(C)C)C3)n2Cc2ccccc2Cl)n(C)c1=O. The number of aromatic nitrogens is 3. The zero-order valence-corrected chi connectivity index (χ0v) is 21.9. The Bertz CT molecular complexity index is 1440. The molecule has 1 aliphatic heterocycles. The fourth-order valence-electron chi connectivity index (χ4n) is 4.67. The van der Waals surface area contributed by atoms with Gasteiger partial charge in [0.1, 0.15) is 22.5 Å². The van der Waals surface area contributed by atoms with Crippen molar-refractivity contribution in [2.75, 3.05) is 18.0 Å². The number of hydrogen-bond donors (Lipinski definition) is 1. The molecule has 1 atom stereocenters. The molecule has 1 saturated heterocycles. The van der Waals surface area contributed by atoms with Gasteiger partial charge in [0.2, 0.25) is 0 Å². The summed E-state index contributed by atoms with van der Waals surface area (Å²) in [6.45, 7) is 6.30. The van der Waals surface area contributed by atoms with Crippen molar-refractivity contribution in [2.24, 2.45) is 14.1 Å². The van der Waals surface area contributed by atoms with Crippen molar-refractivity contribution in [3.8, 4) is 0 Å². The number of rotatable bonds is 4. The lowest BCUT2D eigenvalue weighted by Crippen LogP contribution is -2.49. The van der Waals surface area contributed by atoms with Gasteiger partial charge in [-0.3, -0.25) is 13.9 Å². The third-order valence-corrected chi connectivity index (χ3v) is 6.67. The summed E-state index contributed by atoms with van der Waals surface area (Å²) in [5.41, 5.74) is -1.13. The van der Waals surface area contributed by atoms with Crippen LogP contribution in [0.4, 0.5) is 15.0 Å². The molecule has 1 aromatic carbocycles. The first kappa shape index (κ1) is 25.8. The highest BCUT2D eigenvalue weighted by Gasteiger charge is 2.32. The molecule has 1 amide bonds. The van der Waals surface area contributed by atoms with Gasteiger partial charge >= 0.3 is 11.8 Å². The molecule has 0 aliphatic carbocycles. The van der Waals surface area contributed by atoms with E-state index in [1.54, 1.807) is 37.5 Å². The summed E-state index contributed by atoms with van der Waals surface area (Å²) in [5, 5.41) is 3.35. The number of carbonyl (C=O) groups excluding carboxylic acids is 1. The fourth-order valence-corrected chi connectivity index (χ4v) is 4.87. The Morgan fingerprint density at radius 1 is 1.17 bits per heavy atom. The van der Waals surface area contributed by atoms with Crippen LogP contribution in [0.3, 0.4) is 0 Å². The minimum atomic E-state index is -0.660. The van der Waals surface area contributed by atoms with Crippen LogP contribution in [-0.4, -0.2) is 44.5 Å². The van der Waals surface area contributed by atoms with Crippen LogP contribution in [0, 0.1) is 5.82 Å². The number of nitrogens with one attached hydrogen (secondary N) is 1. The van der Waals surface area contributed by atoms with Crippen LogP contribution < -0.4 is 21.5 Å². The molecule has 36 heavy (non-hydrogen) atoms. The number of benzene rings is 1. The topological polar surface area (TPSA) is 90.5 Å². The predicted octanol–water partition coefficient (Wildman–Crippen LogP) is 3.37. The molecule has 0 spiro atoms. The lowest BCUT2D eigenvalue weighted by atomic mass is 10.1. The predicted molar refractivity (Wildman–Crippen MR) is 138 cm³/mol. The second-order valence-corrected chi connectivity index (χ2v) is 10.6. The lowest BCUT2D eigenvalue weighted by Gasteiger charge is -2.35. The van der Waals surface area contributed by atoms with E-state index in [4.69, 9.17) is 16.3 Å². The number of amides is 1. The molecule has 3 heterocycles. The highest BCUT2D eigenvalue weighted by molar-refractivity contribution is 6.31. The van der Waals surface area contributed by atoms with Crippen LogP contribution >= 0.6 is 11.6 Å². The monoisotopic (exact) mass is 519 g/mol. The summed E-state index contributed by atoms with van der Waals surface area (Å²) in [6, 6.07) is 6.87. The van der Waals surface area contributed by atoms with Gasteiger partial charge in [0, 0.05) is 38.2 Å². The van der Waals surface area contributed by atoms with Gasteiger partial charge in [-0.2, -0.15) is 0 Å².